The Kier molecular flexibility index (Phi) is 8.72. The number of methoxy groups -OCH3 is 1. The standard InChI is InChI=1S/C35H37N5O4/c1-24(2)21-30-36-34(40-18-8-17-39(19-20-40)31(41)22-25-13-15-27(42-3)16-14-25)32-33(38-44-35(32)37-30)26-9-7-12-29(23-26)43-28-10-5-4-6-11-28/h4-7,9-16,23-24H,8,17-22H2,1-3H3. The van der Waals surface area contributed by atoms with Crippen LogP contribution in [-0.2, 0) is 17.6 Å². The van der Waals surface area contributed by atoms with Crippen molar-refractivity contribution < 1.29 is 18.8 Å². The number of rotatable bonds is 9. The van der Waals surface area contributed by atoms with Gasteiger partial charge in [0.15, 0.2) is 0 Å². The second-order valence-corrected chi connectivity index (χ2v) is 11.5. The summed E-state index contributed by atoms with van der Waals surface area (Å²) in [5.74, 6) is 4.25. The Morgan fingerprint density at radius 1 is 0.886 bits per heavy atom. The van der Waals surface area contributed by atoms with Crippen molar-refractivity contribution in [3.8, 4) is 28.5 Å². The summed E-state index contributed by atoms with van der Waals surface area (Å²) < 4.78 is 17.2. The van der Waals surface area contributed by atoms with E-state index in [1.165, 1.54) is 0 Å². The molecule has 0 saturated carbocycles. The molecule has 3 heterocycles. The van der Waals surface area contributed by atoms with Crippen LogP contribution in [0.5, 0.6) is 17.2 Å². The zero-order valence-corrected chi connectivity index (χ0v) is 25.4. The van der Waals surface area contributed by atoms with Crippen LogP contribution in [0.25, 0.3) is 22.4 Å². The predicted octanol–water partition coefficient (Wildman–Crippen LogP) is 6.57. The van der Waals surface area contributed by atoms with E-state index in [-0.39, 0.29) is 5.91 Å². The molecule has 9 nitrogen and oxygen atoms in total. The zero-order valence-electron chi connectivity index (χ0n) is 25.4. The maximum Gasteiger partial charge on any atom is 0.263 e. The molecule has 44 heavy (non-hydrogen) atoms. The van der Waals surface area contributed by atoms with Gasteiger partial charge in [-0.05, 0) is 54.3 Å². The van der Waals surface area contributed by atoms with Crippen LogP contribution in [0.1, 0.15) is 31.7 Å². The first-order valence-electron chi connectivity index (χ1n) is 15.1. The number of hydrogen-bond donors (Lipinski definition) is 0. The molecule has 0 N–H and O–H groups in total. The molecule has 226 valence electrons. The molecule has 1 fully saturated rings. The Bertz CT molecular complexity index is 1720. The highest BCUT2D eigenvalue weighted by Gasteiger charge is 2.26. The van der Waals surface area contributed by atoms with E-state index in [4.69, 9.17) is 24.0 Å². The number of amides is 1. The average Bonchev–Trinajstić information content (AvgIpc) is 3.30. The summed E-state index contributed by atoms with van der Waals surface area (Å²) in [6.07, 6.45) is 1.90. The lowest BCUT2D eigenvalue weighted by atomic mass is 10.1. The van der Waals surface area contributed by atoms with E-state index >= 15 is 0 Å². The molecule has 1 aliphatic heterocycles. The van der Waals surface area contributed by atoms with Crippen molar-refractivity contribution in [2.45, 2.75) is 33.1 Å². The van der Waals surface area contributed by atoms with Gasteiger partial charge in [-0.1, -0.05) is 61.5 Å². The fourth-order valence-corrected chi connectivity index (χ4v) is 5.50. The molecule has 0 aliphatic carbocycles. The molecule has 6 rings (SSSR count). The highest BCUT2D eigenvalue weighted by molar-refractivity contribution is 5.98. The van der Waals surface area contributed by atoms with Crippen LogP contribution in [-0.4, -0.2) is 59.2 Å². The first kappa shape index (κ1) is 29.2. The molecule has 0 spiro atoms. The lowest BCUT2D eigenvalue weighted by Crippen LogP contribution is -2.36. The Hall–Kier alpha value is -4.92. The predicted molar refractivity (Wildman–Crippen MR) is 170 cm³/mol. The molecule has 0 bridgehead atoms. The first-order chi connectivity index (χ1) is 21.5. The monoisotopic (exact) mass is 591 g/mol. The second kappa shape index (κ2) is 13.2. The van der Waals surface area contributed by atoms with Crippen LogP contribution in [0.4, 0.5) is 5.82 Å². The third kappa shape index (κ3) is 6.67. The third-order valence-electron chi connectivity index (χ3n) is 7.70. The quantitative estimate of drug-likeness (QED) is 0.190. The minimum absolute atomic E-state index is 0.117. The van der Waals surface area contributed by atoms with Gasteiger partial charge in [-0.3, -0.25) is 4.79 Å². The lowest BCUT2D eigenvalue weighted by Gasteiger charge is -2.24. The second-order valence-electron chi connectivity index (χ2n) is 11.5. The summed E-state index contributed by atoms with van der Waals surface area (Å²) in [7, 11) is 1.64. The summed E-state index contributed by atoms with van der Waals surface area (Å²) in [5.41, 5.74) is 2.96. The van der Waals surface area contributed by atoms with Crippen molar-refractivity contribution in [2.24, 2.45) is 5.92 Å². The number of benzene rings is 3. The molecule has 5 aromatic rings. The minimum Gasteiger partial charge on any atom is -0.497 e. The highest BCUT2D eigenvalue weighted by atomic mass is 16.5. The summed E-state index contributed by atoms with van der Waals surface area (Å²) in [6.45, 7) is 6.98. The van der Waals surface area contributed by atoms with E-state index in [1.807, 2.05) is 83.8 Å². The number of hydrogen-bond acceptors (Lipinski definition) is 8. The maximum atomic E-state index is 13.3. The summed E-state index contributed by atoms with van der Waals surface area (Å²) in [5, 5.41) is 5.25. The van der Waals surface area contributed by atoms with Crippen molar-refractivity contribution in [1.29, 1.82) is 0 Å². The van der Waals surface area contributed by atoms with Gasteiger partial charge in [-0.25, -0.2) is 4.98 Å². The number of anilines is 1. The Balaban J connectivity index is 1.28. The van der Waals surface area contributed by atoms with Crippen LogP contribution in [0.2, 0.25) is 0 Å². The first-order valence-corrected chi connectivity index (χ1v) is 15.1. The molecule has 2 aromatic heterocycles. The van der Waals surface area contributed by atoms with Gasteiger partial charge < -0.3 is 23.8 Å². The van der Waals surface area contributed by atoms with E-state index in [0.29, 0.717) is 49.1 Å². The molecular weight excluding hydrogens is 554 g/mol. The van der Waals surface area contributed by atoms with Crippen LogP contribution in [0.15, 0.2) is 83.4 Å². The lowest BCUT2D eigenvalue weighted by molar-refractivity contribution is -0.130. The molecule has 1 amide bonds. The molecule has 0 unspecified atom stereocenters. The van der Waals surface area contributed by atoms with Gasteiger partial charge >= 0.3 is 0 Å². The number of nitrogens with zero attached hydrogens (tertiary/aromatic N) is 5. The molecule has 1 saturated heterocycles. The average molecular weight is 592 g/mol. The summed E-state index contributed by atoms with van der Waals surface area (Å²) in [6, 6.07) is 25.2. The smallest absolute Gasteiger partial charge is 0.263 e. The van der Waals surface area contributed by atoms with E-state index in [0.717, 1.165) is 59.0 Å². The summed E-state index contributed by atoms with van der Waals surface area (Å²) in [4.78, 5) is 27.3. The zero-order chi connectivity index (χ0) is 30.5. The van der Waals surface area contributed by atoms with Crippen LogP contribution in [0.3, 0.4) is 0 Å². The van der Waals surface area contributed by atoms with E-state index in [2.05, 4.69) is 23.9 Å². The van der Waals surface area contributed by atoms with Gasteiger partial charge in [-0.2, -0.15) is 4.98 Å². The number of carbonyl (C=O) groups excluding carboxylic acids is 1. The number of aromatic nitrogens is 3. The summed E-state index contributed by atoms with van der Waals surface area (Å²) >= 11 is 0. The fourth-order valence-electron chi connectivity index (χ4n) is 5.50. The van der Waals surface area contributed by atoms with Crippen molar-refractivity contribution >= 4 is 22.8 Å². The molecular formula is C35H37N5O4. The van der Waals surface area contributed by atoms with E-state index in [1.54, 1.807) is 7.11 Å². The van der Waals surface area contributed by atoms with Crippen LogP contribution >= 0.6 is 0 Å². The van der Waals surface area contributed by atoms with Gasteiger partial charge in [0, 0.05) is 38.2 Å². The topological polar surface area (TPSA) is 93.8 Å². The third-order valence-corrected chi connectivity index (χ3v) is 7.70. The highest BCUT2D eigenvalue weighted by Crippen LogP contribution is 2.36. The van der Waals surface area contributed by atoms with Gasteiger partial charge in [0.05, 0.1) is 13.5 Å². The number of para-hydroxylation sites is 1. The Labute approximate surface area is 257 Å². The maximum absolute atomic E-state index is 13.3. The largest absolute Gasteiger partial charge is 0.497 e. The fraction of sp³-hybridized carbons (Fsp3) is 0.314. The van der Waals surface area contributed by atoms with Crippen molar-refractivity contribution in [3.05, 3.63) is 90.3 Å². The van der Waals surface area contributed by atoms with Gasteiger partial charge in [0.2, 0.25) is 5.91 Å². The molecule has 0 atom stereocenters. The van der Waals surface area contributed by atoms with E-state index < -0.39 is 0 Å². The molecule has 1 aliphatic rings. The normalized spacial score (nSPS) is 13.7. The van der Waals surface area contributed by atoms with Crippen molar-refractivity contribution in [3.63, 3.8) is 0 Å². The van der Waals surface area contributed by atoms with Gasteiger partial charge in [0.1, 0.15) is 40.0 Å². The number of ether oxygens (including phenoxy) is 2. The molecule has 0 radical (unpaired) electrons. The Morgan fingerprint density at radius 3 is 2.45 bits per heavy atom. The molecule has 9 heteroatoms. The van der Waals surface area contributed by atoms with Crippen molar-refractivity contribution in [1.82, 2.24) is 20.0 Å². The van der Waals surface area contributed by atoms with Crippen LogP contribution in [0, 0.1) is 5.92 Å². The Morgan fingerprint density at radius 2 is 1.68 bits per heavy atom. The SMILES string of the molecule is COc1ccc(CC(=O)N2CCCN(c3nc(CC(C)C)nc4onc(-c5cccc(Oc6ccccc6)c5)c34)CC2)cc1. The van der Waals surface area contributed by atoms with Gasteiger partial charge in [0.25, 0.3) is 5.71 Å². The van der Waals surface area contributed by atoms with Crippen LogP contribution < -0.4 is 14.4 Å². The number of carbonyl (C=O) groups is 1. The molecule has 3 aromatic carbocycles. The van der Waals surface area contributed by atoms with E-state index in [9.17, 15) is 4.79 Å². The minimum atomic E-state index is 0.117. The van der Waals surface area contributed by atoms with Gasteiger partial charge in [-0.15, -0.1) is 0 Å². The van der Waals surface area contributed by atoms with Crippen molar-refractivity contribution in [2.75, 3.05) is 38.2 Å². The number of fused-ring (bicyclic) bond motifs is 1.